The topological polar surface area (TPSA) is 25.6 Å². The monoisotopic (exact) mass is 295 g/mol. The number of ether oxygens (including phenoxy) is 1. The molecule has 1 aromatic heterocycles. The Morgan fingerprint density at radius 3 is 3.05 bits per heavy atom. The lowest BCUT2D eigenvalue weighted by molar-refractivity contribution is 0.175. The molecule has 106 valence electrons. The van der Waals surface area contributed by atoms with E-state index in [2.05, 4.69) is 4.90 Å². The second kappa shape index (κ2) is 5.46. The molecule has 0 amide bonds. The van der Waals surface area contributed by atoms with Crippen LogP contribution in [0.1, 0.15) is 23.8 Å². The molecule has 3 nitrogen and oxygen atoms in total. The van der Waals surface area contributed by atoms with Gasteiger partial charge in [0.25, 0.3) is 0 Å². The summed E-state index contributed by atoms with van der Waals surface area (Å²) in [5.74, 6) is 0.526. The van der Waals surface area contributed by atoms with Gasteiger partial charge in [-0.05, 0) is 25.2 Å². The van der Waals surface area contributed by atoms with Crippen LogP contribution in [0.3, 0.4) is 0 Å². The number of benzene rings is 1. The lowest BCUT2D eigenvalue weighted by atomic mass is 10.1. The Hall–Kier alpha value is -1.52. The maximum absolute atomic E-state index is 13.8. The predicted molar refractivity (Wildman–Crippen MR) is 74.4 cm³/mol. The molecular weight excluding hydrogens is 281 g/mol. The van der Waals surface area contributed by atoms with E-state index in [1.807, 2.05) is 13.1 Å². The van der Waals surface area contributed by atoms with Gasteiger partial charge in [0.15, 0.2) is 11.6 Å². The second-order valence-electron chi connectivity index (χ2n) is 4.98. The number of halogens is 2. The molecule has 1 aromatic carbocycles. The van der Waals surface area contributed by atoms with Crippen LogP contribution in [-0.4, -0.2) is 18.5 Å². The van der Waals surface area contributed by atoms with Crippen molar-refractivity contribution in [3.05, 3.63) is 52.7 Å². The summed E-state index contributed by atoms with van der Waals surface area (Å²) in [5, 5.41) is 0.285. The third-order valence-corrected chi connectivity index (χ3v) is 3.79. The maximum atomic E-state index is 13.8. The molecule has 1 unspecified atom stereocenters. The second-order valence-corrected chi connectivity index (χ2v) is 5.39. The van der Waals surface area contributed by atoms with Crippen molar-refractivity contribution >= 4 is 11.6 Å². The fourth-order valence-corrected chi connectivity index (χ4v) is 2.65. The lowest BCUT2D eigenvalue weighted by Gasteiger charge is -2.19. The first-order valence-electron chi connectivity index (χ1n) is 6.50. The number of furan rings is 1. The van der Waals surface area contributed by atoms with Crippen LogP contribution < -0.4 is 4.74 Å². The maximum Gasteiger partial charge on any atom is 0.174 e. The molecule has 0 N–H and O–H groups in total. The van der Waals surface area contributed by atoms with E-state index in [1.165, 1.54) is 6.07 Å². The van der Waals surface area contributed by atoms with Crippen molar-refractivity contribution in [1.29, 1.82) is 0 Å². The van der Waals surface area contributed by atoms with Gasteiger partial charge in [-0.2, -0.15) is 0 Å². The van der Waals surface area contributed by atoms with Crippen LogP contribution in [0.25, 0.3) is 0 Å². The quantitative estimate of drug-likeness (QED) is 0.836. The van der Waals surface area contributed by atoms with E-state index in [0.29, 0.717) is 0 Å². The van der Waals surface area contributed by atoms with E-state index in [4.69, 9.17) is 20.8 Å². The summed E-state index contributed by atoms with van der Waals surface area (Å²) in [6, 6.07) is 6.42. The SMILES string of the molecule is CN1CCC(Oc2c(F)cccc2Cl)c2ccoc2C1. The van der Waals surface area contributed by atoms with Gasteiger partial charge < -0.3 is 9.15 Å². The average molecular weight is 296 g/mol. The van der Waals surface area contributed by atoms with Gasteiger partial charge in [-0.15, -0.1) is 0 Å². The highest BCUT2D eigenvalue weighted by Gasteiger charge is 2.26. The molecule has 0 radical (unpaired) electrons. The average Bonchev–Trinajstić information content (AvgIpc) is 2.80. The van der Waals surface area contributed by atoms with E-state index in [0.717, 1.165) is 30.8 Å². The molecule has 1 aliphatic heterocycles. The van der Waals surface area contributed by atoms with Gasteiger partial charge in [0.05, 0.1) is 17.8 Å². The number of hydrogen-bond donors (Lipinski definition) is 0. The third-order valence-electron chi connectivity index (χ3n) is 3.49. The molecule has 2 aromatic rings. The summed E-state index contributed by atoms with van der Waals surface area (Å²) in [4.78, 5) is 2.15. The van der Waals surface area contributed by atoms with Crippen LogP contribution in [0.2, 0.25) is 5.02 Å². The molecule has 0 fully saturated rings. The summed E-state index contributed by atoms with van der Waals surface area (Å²) in [6.45, 7) is 1.58. The molecule has 1 aliphatic rings. The number of rotatable bonds is 2. The van der Waals surface area contributed by atoms with E-state index in [-0.39, 0.29) is 16.9 Å². The summed E-state index contributed by atoms with van der Waals surface area (Å²) in [6.07, 6.45) is 2.15. The standard InChI is InChI=1S/C15H15ClFNO2/c1-18-7-5-13(10-6-8-19-14(10)9-18)20-15-11(16)3-2-4-12(15)17/h2-4,6,8,13H,5,7,9H2,1H3. The van der Waals surface area contributed by atoms with Crippen LogP contribution in [0.5, 0.6) is 5.75 Å². The first-order chi connectivity index (χ1) is 9.65. The predicted octanol–water partition coefficient (Wildman–Crippen LogP) is 4.03. The van der Waals surface area contributed by atoms with E-state index >= 15 is 0 Å². The van der Waals surface area contributed by atoms with E-state index in [9.17, 15) is 4.39 Å². The van der Waals surface area contributed by atoms with Gasteiger partial charge in [-0.3, -0.25) is 4.90 Å². The smallest absolute Gasteiger partial charge is 0.174 e. The highest BCUT2D eigenvalue weighted by atomic mass is 35.5. The zero-order valence-corrected chi connectivity index (χ0v) is 11.9. The van der Waals surface area contributed by atoms with Gasteiger partial charge in [-0.1, -0.05) is 17.7 Å². The van der Waals surface area contributed by atoms with Crippen LogP contribution in [0.15, 0.2) is 34.9 Å². The minimum absolute atomic E-state index is 0.107. The zero-order valence-electron chi connectivity index (χ0n) is 11.1. The number of fused-ring (bicyclic) bond motifs is 1. The minimum Gasteiger partial charge on any atom is -0.481 e. The molecule has 0 saturated heterocycles. The highest BCUT2D eigenvalue weighted by Crippen LogP contribution is 2.35. The van der Waals surface area contributed by atoms with Gasteiger partial charge in [0, 0.05) is 18.5 Å². The Balaban J connectivity index is 1.92. The van der Waals surface area contributed by atoms with E-state index in [1.54, 1.807) is 18.4 Å². The number of nitrogens with zero attached hydrogens (tertiary/aromatic N) is 1. The Morgan fingerprint density at radius 1 is 1.40 bits per heavy atom. The largest absolute Gasteiger partial charge is 0.481 e. The van der Waals surface area contributed by atoms with Gasteiger partial charge in [0.1, 0.15) is 11.9 Å². The van der Waals surface area contributed by atoms with Crippen molar-refractivity contribution < 1.29 is 13.5 Å². The van der Waals surface area contributed by atoms with Crippen LogP contribution >= 0.6 is 11.6 Å². The fourth-order valence-electron chi connectivity index (χ4n) is 2.44. The first kappa shape index (κ1) is 13.5. The molecule has 0 bridgehead atoms. The Kier molecular flexibility index (Phi) is 3.68. The summed E-state index contributed by atoms with van der Waals surface area (Å²) in [5.41, 5.74) is 0.966. The van der Waals surface area contributed by atoms with Gasteiger partial charge in [-0.25, -0.2) is 4.39 Å². The zero-order chi connectivity index (χ0) is 14.1. The lowest BCUT2D eigenvalue weighted by Crippen LogP contribution is -2.18. The van der Waals surface area contributed by atoms with Crippen LogP contribution in [0, 0.1) is 5.82 Å². The van der Waals surface area contributed by atoms with Crippen LogP contribution in [0.4, 0.5) is 4.39 Å². The van der Waals surface area contributed by atoms with Gasteiger partial charge >= 0.3 is 0 Å². The van der Waals surface area contributed by atoms with Crippen LogP contribution in [-0.2, 0) is 6.54 Å². The Bertz CT molecular complexity index is 593. The molecule has 20 heavy (non-hydrogen) atoms. The van der Waals surface area contributed by atoms with Crippen molar-refractivity contribution in [3.8, 4) is 5.75 Å². The van der Waals surface area contributed by atoms with Crippen molar-refractivity contribution in [1.82, 2.24) is 4.90 Å². The molecular formula is C15H15ClFNO2. The van der Waals surface area contributed by atoms with Crippen molar-refractivity contribution in [2.75, 3.05) is 13.6 Å². The van der Waals surface area contributed by atoms with E-state index < -0.39 is 5.82 Å². The molecule has 5 heteroatoms. The normalized spacial score (nSPS) is 19.4. The molecule has 1 atom stereocenters. The molecule has 0 saturated carbocycles. The van der Waals surface area contributed by atoms with Crippen molar-refractivity contribution in [3.63, 3.8) is 0 Å². The molecule has 2 heterocycles. The summed E-state index contributed by atoms with van der Waals surface area (Å²) >= 11 is 6.02. The molecule has 0 spiro atoms. The number of para-hydroxylation sites is 1. The van der Waals surface area contributed by atoms with Crippen molar-refractivity contribution in [2.45, 2.75) is 19.1 Å². The molecule has 0 aliphatic carbocycles. The highest BCUT2D eigenvalue weighted by molar-refractivity contribution is 6.32. The fraction of sp³-hybridized carbons (Fsp3) is 0.333. The van der Waals surface area contributed by atoms with Gasteiger partial charge in [0.2, 0.25) is 0 Å². The molecule has 3 rings (SSSR count). The third kappa shape index (κ3) is 2.53. The Morgan fingerprint density at radius 2 is 2.25 bits per heavy atom. The summed E-state index contributed by atoms with van der Waals surface area (Å²) in [7, 11) is 2.02. The minimum atomic E-state index is -0.444. The number of hydrogen-bond acceptors (Lipinski definition) is 3. The Labute approximate surface area is 121 Å². The summed E-state index contributed by atoms with van der Waals surface area (Å²) < 4.78 is 25.2. The first-order valence-corrected chi connectivity index (χ1v) is 6.88. The van der Waals surface area contributed by atoms with Crippen molar-refractivity contribution in [2.24, 2.45) is 0 Å².